The molecule has 3 aromatic rings. The lowest BCUT2D eigenvalue weighted by Crippen LogP contribution is -2.46. The molecule has 2 aromatic carbocycles. The fourth-order valence-corrected chi connectivity index (χ4v) is 4.93. The van der Waals surface area contributed by atoms with Gasteiger partial charge in [0.2, 0.25) is 11.8 Å². The van der Waals surface area contributed by atoms with Crippen LogP contribution in [0.3, 0.4) is 0 Å². The molecular formula is C24H23ClN2O2S. The van der Waals surface area contributed by atoms with Crippen LogP contribution in [0.4, 0.5) is 11.4 Å². The predicted octanol–water partition coefficient (Wildman–Crippen LogP) is 6.14. The van der Waals surface area contributed by atoms with Gasteiger partial charge in [-0.05, 0) is 61.5 Å². The number of hydrogen-bond donors (Lipinski definition) is 1. The SMILES string of the molecule is Cc1ccc(N2C(=O)CC[C@@H](C(=O)Nc3ccc(C)c(Cl)c3)[C@H]2c2cccs2)cc1. The Morgan fingerprint density at radius 2 is 1.90 bits per heavy atom. The molecule has 1 aliphatic heterocycles. The molecule has 0 bridgehead atoms. The quantitative estimate of drug-likeness (QED) is 0.531. The van der Waals surface area contributed by atoms with Gasteiger partial charge in [0.1, 0.15) is 0 Å². The lowest BCUT2D eigenvalue weighted by Gasteiger charge is -2.40. The van der Waals surface area contributed by atoms with E-state index in [0.29, 0.717) is 23.6 Å². The van der Waals surface area contributed by atoms with Gasteiger partial charge in [0.15, 0.2) is 0 Å². The monoisotopic (exact) mass is 438 g/mol. The number of anilines is 2. The Labute approximate surface area is 185 Å². The maximum Gasteiger partial charge on any atom is 0.229 e. The summed E-state index contributed by atoms with van der Waals surface area (Å²) in [5.41, 5.74) is 3.57. The van der Waals surface area contributed by atoms with Gasteiger partial charge in [-0.1, -0.05) is 41.4 Å². The highest BCUT2D eigenvalue weighted by molar-refractivity contribution is 7.10. The Bertz CT molecular complexity index is 1060. The number of carbonyl (C=O) groups excluding carboxylic acids is 2. The van der Waals surface area contributed by atoms with Crippen LogP contribution < -0.4 is 10.2 Å². The molecule has 2 atom stereocenters. The molecule has 0 radical (unpaired) electrons. The summed E-state index contributed by atoms with van der Waals surface area (Å²) in [5, 5.41) is 5.61. The van der Waals surface area contributed by atoms with Crippen molar-refractivity contribution in [3.63, 3.8) is 0 Å². The van der Waals surface area contributed by atoms with Crippen molar-refractivity contribution in [3.05, 3.63) is 81.0 Å². The maximum absolute atomic E-state index is 13.3. The van der Waals surface area contributed by atoms with Gasteiger partial charge in [-0.2, -0.15) is 0 Å². The Morgan fingerprint density at radius 3 is 2.57 bits per heavy atom. The van der Waals surface area contributed by atoms with E-state index in [1.807, 2.05) is 67.8 Å². The highest BCUT2D eigenvalue weighted by Crippen LogP contribution is 2.42. The molecule has 154 valence electrons. The third-order valence-electron chi connectivity index (χ3n) is 5.52. The zero-order chi connectivity index (χ0) is 21.3. The number of hydrogen-bond acceptors (Lipinski definition) is 3. The minimum absolute atomic E-state index is 0.0414. The minimum Gasteiger partial charge on any atom is -0.326 e. The largest absolute Gasteiger partial charge is 0.326 e. The number of rotatable bonds is 4. The molecule has 2 heterocycles. The van der Waals surface area contributed by atoms with Crippen LogP contribution in [-0.2, 0) is 9.59 Å². The van der Waals surface area contributed by atoms with E-state index in [1.54, 1.807) is 22.3 Å². The van der Waals surface area contributed by atoms with Crippen molar-refractivity contribution in [2.75, 3.05) is 10.2 Å². The van der Waals surface area contributed by atoms with Crippen molar-refractivity contribution < 1.29 is 9.59 Å². The fraction of sp³-hybridized carbons (Fsp3) is 0.250. The van der Waals surface area contributed by atoms with Crippen LogP contribution in [-0.4, -0.2) is 11.8 Å². The van der Waals surface area contributed by atoms with Crippen LogP contribution in [0.1, 0.15) is 34.9 Å². The highest BCUT2D eigenvalue weighted by atomic mass is 35.5. The average Bonchev–Trinajstić information content (AvgIpc) is 3.26. The number of benzene rings is 2. The molecule has 1 saturated heterocycles. The summed E-state index contributed by atoms with van der Waals surface area (Å²) >= 11 is 7.80. The lowest BCUT2D eigenvalue weighted by molar-refractivity contribution is -0.125. The molecule has 1 aliphatic rings. The molecule has 0 unspecified atom stereocenters. The van der Waals surface area contributed by atoms with Crippen LogP contribution in [0.5, 0.6) is 0 Å². The Kier molecular flexibility index (Phi) is 5.93. The topological polar surface area (TPSA) is 49.4 Å². The van der Waals surface area contributed by atoms with Crippen LogP contribution in [0.15, 0.2) is 60.0 Å². The Balaban J connectivity index is 1.68. The average molecular weight is 439 g/mol. The van der Waals surface area contributed by atoms with E-state index in [9.17, 15) is 9.59 Å². The van der Waals surface area contributed by atoms with Gasteiger partial charge in [0.25, 0.3) is 0 Å². The van der Waals surface area contributed by atoms with Crippen molar-refractivity contribution in [2.24, 2.45) is 5.92 Å². The number of nitrogens with one attached hydrogen (secondary N) is 1. The second-order valence-corrected chi connectivity index (χ2v) is 9.04. The van der Waals surface area contributed by atoms with Crippen LogP contribution in [0.2, 0.25) is 5.02 Å². The van der Waals surface area contributed by atoms with E-state index >= 15 is 0 Å². The molecule has 0 aliphatic carbocycles. The van der Waals surface area contributed by atoms with Crippen LogP contribution in [0, 0.1) is 19.8 Å². The van der Waals surface area contributed by atoms with E-state index in [-0.39, 0.29) is 23.8 Å². The number of aryl methyl sites for hydroxylation is 2. The van der Waals surface area contributed by atoms with Crippen LogP contribution in [0.25, 0.3) is 0 Å². The van der Waals surface area contributed by atoms with Gasteiger partial charge in [0, 0.05) is 27.7 Å². The van der Waals surface area contributed by atoms with E-state index in [4.69, 9.17) is 11.6 Å². The van der Waals surface area contributed by atoms with E-state index in [1.165, 1.54) is 0 Å². The number of halogens is 1. The van der Waals surface area contributed by atoms with E-state index in [2.05, 4.69) is 5.32 Å². The molecule has 1 aromatic heterocycles. The van der Waals surface area contributed by atoms with Gasteiger partial charge in [-0.15, -0.1) is 11.3 Å². The first kappa shape index (κ1) is 20.6. The van der Waals surface area contributed by atoms with E-state index < -0.39 is 0 Å². The summed E-state index contributed by atoms with van der Waals surface area (Å²) in [4.78, 5) is 29.1. The van der Waals surface area contributed by atoms with Crippen molar-refractivity contribution in [1.29, 1.82) is 0 Å². The molecule has 6 heteroatoms. The molecule has 0 saturated carbocycles. The molecule has 4 rings (SSSR count). The molecule has 4 nitrogen and oxygen atoms in total. The molecular weight excluding hydrogens is 416 g/mol. The third kappa shape index (κ3) is 4.13. The maximum atomic E-state index is 13.3. The first-order chi connectivity index (χ1) is 14.4. The third-order valence-corrected chi connectivity index (χ3v) is 6.87. The number of amides is 2. The zero-order valence-corrected chi connectivity index (χ0v) is 18.5. The second-order valence-electron chi connectivity index (χ2n) is 7.66. The summed E-state index contributed by atoms with van der Waals surface area (Å²) in [6.45, 7) is 3.94. The van der Waals surface area contributed by atoms with Gasteiger partial charge in [-0.25, -0.2) is 0 Å². The first-order valence-corrected chi connectivity index (χ1v) is 11.2. The predicted molar refractivity (Wildman–Crippen MR) is 123 cm³/mol. The molecule has 1 N–H and O–H groups in total. The van der Waals surface area contributed by atoms with Gasteiger partial charge in [0.05, 0.1) is 12.0 Å². The van der Waals surface area contributed by atoms with Crippen LogP contribution >= 0.6 is 22.9 Å². The van der Waals surface area contributed by atoms with Crippen molar-refractivity contribution >= 4 is 46.1 Å². The first-order valence-electron chi connectivity index (χ1n) is 9.93. The van der Waals surface area contributed by atoms with E-state index in [0.717, 1.165) is 21.7 Å². The van der Waals surface area contributed by atoms with Gasteiger partial charge < -0.3 is 10.2 Å². The van der Waals surface area contributed by atoms with Gasteiger partial charge >= 0.3 is 0 Å². The standard InChI is InChI=1S/C24H23ClN2O2S/c1-15-5-9-18(10-6-15)27-22(28)12-11-19(23(27)21-4-3-13-30-21)24(29)26-17-8-7-16(2)20(25)14-17/h3-10,13-14,19,23H,11-12H2,1-2H3,(H,26,29)/t19-,23+/m1/s1. The summed E-state index contributed by atoms with van der Waals surface area (Å²) < 4.78 is 0. The number of carbonyl (C=O) groups is 2. The zero-order valence-electron chi connectivity index (χ0n) is 16.9. The van der Waals surface area contributed by atoms with Crippen molar-refractivity contribution in [2.45, 2.75) is 32.7 Å². The Morgan fingerprint density at radius 1 is 1.13 bits per heavy atom. The normalized spacial score (nSPS) is 19.0. The summed E-state index contributed by atoms with van der Waals surface area (Å²) in [6, 6.07) is 17.0. The second kappa shape index (κ2) is 8.62. The fourth-order valence-electron chi connectivity index (χ4n) is 3.87. The molecule has 2 amide bonds. The molecule has 30 heavy (non-hydrogen) atoms. The smallest absolute Gasteiger partial charge is 0.229 e. The number of thiophene rings is 1. The summed E-state index contributed by atoms with van der Waals surface area (Å²) in [7, 11) is 0. The lowest BCUT2D eigenvalue weighted by atomic mass is 9.86. The highest BCUT2D eigenvalue weighted by Gasteiger charge is 2.42. The van der Waals surface area contributed by atoms with Crippen molar-refractivity contribution in [3.8, 4) is 0 Å². The summed E-state index contributed by atoms with van der Waals surface area (Å²) in [6.07, 6.45) is 0.845. The number of nitrogens with zero attached hydrogens (tertiary/aromatic N) is 1. The summed E-state index contributed by atoms with van der Waals surface area (Å²) in [5.74, 6) is -0.416. The van der Waals surface area contributed by atoms with Crippen molar-refractivity contribution in [1.82, 2.24) is 0 Å². The number of piperidine rings is 1. The molecule has 0 spiro atoms. The van der Waals surface area contributed by atoms with Gasteiger partial charge in [-0.3, -0.25) is 9.59 Å². The molecule has 1 fully saturated rings. The minimum atomic E-state index is -0.359. The Hall–Kier alpha value is -2.63.